The molecule has 32 heavy (non-hydrogen) atoms. The molecule has 7 heteroatoms. The van der Waals surface area contributed by atoms with Gasteiger partial charge in [-0.3, -0.25) is 4.79 Å². The smallest absolute Gasteiger partial charge is 0.205 e. The normalized spacial score (nSPS) is 22.7. The minimum atomic E-state index is -0.0787. The monoisotopic (exact) mass is 446 g/mol. The van der Waals surface area contributed by atoms with Gasteiger partial charge < -0.3 is 24.1 Å². The highest BCUT2D eigenvalue weighted by Crippen LogP contribution is 2.66. The number of rotatable bonds is 4. The van der Waals surface area contributed by atoms with E-state index in [-0.39, 0.29) is 11.2 Å². The minimum absolute atomic E-state index is 0.0503. The molecule has 1 aliphatic heterocycles. The van der Waals surface area contributed by atoms with Crippen LogP contribution in [0.5, 0.6) is 17.2 Å². The quantitative estimate of drug-likeness (QED) is 0.606. The second-order valence-corrected chi connectivity index (χ2v) is 8.91. The fraction of sp³-hybridized carbons (Fsp3) is 0.280. The van der Waals surface area contributed by atoms with Crippen molar-refractivity contribution < 1.29 is 19.0 Å². The van der Waals surface area contributed by atoms with Crippen LogP contribution in [-0.4, -0.2) is 48.5 Å². The molecule has 2 heterocycles. The molecule has 2 atom stereocenters. The Morgan fingerprint density at radius 1 is 1.12 bits per heavy atom. The number of piperidine rings is 1. The number of likely N-dealkylation sites (tertiary alicyclic amines) is 1. The van der Waals surface area contributed by atoms with Gasteiger partial charge >= 0.3 is 0 Å². The second-order valence-electron chi connectivity index (χ2n) is 8.52. The number of ether oxygens (including phenoxy) is 3. The number of allylic oxidation sites excluding steroid dienone is 2. The number of benzene rings is 2. The molecule has 3 aromatic rings. The van der Waals surface area contributed by atoms with Crippen LogP contribution in [0.3, 0.4) is 0 Å². The summed E-state index contributed by atoms with van der Waals surface area (Å²) in [6.07, 6.45) is 2.86. The number of fused-ring (bicyclic) bond motifs is 2. The van der Waals surface area contributed by atoms with Crippen molar-refractivity contribution in [2.24, 2.45) is 5.92 Å². The third-order valence-corrected chi connectivity index (χ3v) is 7.53. The molecule has 1 N–H and O–H groups in total. The van der Waals surface area contributed by atoms with Crippen LogP contribution < -0.4 is 14.2 Å². The van der Waals surface area contributed by atoms with Crippen LogP contribution in [0.4, 0.5) is 0 Å². The van der Waals surface area contributed by atoms with E-state index in [1.54, 1.807) is 27.4 Å². The topological polar surface area (TPSA) is 63.8 Å². The number of methoxy groups -OCH3 is 3. The molecule has 2 fully saturated rings. The minimum Gasteiger partial charge on any atom is -0.493 e. The van der Waals surface area contributed by atoms with Gasteiger partial charge in [-0.15, -0.1) is 0 Å². The lowest BCUT2D eigenvalue weighted by atomic mass is 9.81. The van der Waals surface area contributed by atoms with Crippen molar-refractivity contribution in [1.29, 1.82) is 0 Å². The number of aromatic amines is 1. The molecule has 1 saturated heterocycles. The molecule has 1 saturated carbocycles. The number of carbonyl (C=O) groups excluding carboxylic acids is 1. The summed E-state index contributed by atoms with van der Waals surface area (Å²) in [7, 11) is 4.78. The third kappa shape index (κ3) is 2.34. The summed E-state index contributed by atoms with van der Waals surface area (Å²) in [6.45, 7) is 0.811. The van der Waals surface area contributed by atoms with Crippen molar-refractivity contribution in [3.05, 3.63) is 65.0 Å². The van der Waals surface area contributed by atoms with E-state index >= 15 is 0 Å². The van der Waals surface area contributed by atoms with Crippen LogP contribution in [0.15, 0.2) is 48.2 Å². The average Bonchev–Trinajstić information content (AvgIpc) is 3.20. The Balaban J connectivity index is 1.43. The maximum absolute atomic E-state index is 12.9. The number of aromatic nitrogens is 1. The fourth-order valence-electron chi connectivity index (χ4n) is 5.58. The Labute approximate surface area is 190 Å². The van der Waals surface area contributed by atoms with E-state index in [2.05, 4.69) is 16.0 Å². The zero-order chi connectivity index (χ0) is 22.2. The summed E-state index contributed by atoms with van der Waals surface area (Å²) in [6, 6.07) is 11.9. The molecule has 2 aliphatic carbocycles. The van der Waals surface area contributed by atoms with Gasteiger partial charge in [0.15, 0.2) is 17.3 Å². The number of ketones is 1. The molecule has 0 amide bonds. The number of carbonyl (C=O) groups is 1. The maximum atomic E-state index is 12.9. The van der Waals surface area contributed by atoms with E-state index < -0.39 is 0 Å². The first-order valence-electron chi connectivity index (χ1n) is 10.5. The molecule has 0 radical (unpaired) electrons. The first-order valence-corrected chi connectivity index (χ1v) is 10.9. The van der Waals surface area contributed by atoms with Crippen molar-refractivity contribution in [1.82, 2.24) is 9.88 Å². The van der Waals surface area contributed by atoms with Crippen LogP contribution in [0.2, 0.25) is 0 Å². The number of H-pyrrole nitrogens is 1. The molecular weight excluding hydrogens is 424 g/mol. The van der Waals surface area contributed by atoms with Gasteiger partial charge in [0.05, 0.1) is 32.5 Å². The summed E-state index contributed by atoms with van der Waals surface area (Å²) >= 11 is 5.94. The van der Waals surface area contributed by atoms with Gasteiger partial charge in [-0.2, -0.15) is 0 Å². The highest BCUT2D eigenvalue weighted by atomic mass is 32.1. The number of nitrogens with zero attached hydrogens (tertiary/aromatic N) is 1. The Hall–Kier alpha value is -3.32. The van der Waals surface area contributed by atoms with Crippen LogP contribution in [0, 0.1) is 5.92 Å². The molecular formula is C25H22N2O4S. The molecule has 1 spiro atoms. The van der Waals surface area contributed by atoms with Gasteiger partial charge in [-0.05, 0) is 30.0 Å². The Kier molecular flexibility index (Phi) is 3.99. The average molecular weight is 447 g/mol. The first-order chi connectivity index (χ1) is 15.5. The SMILES string of the molecule is COc1cc2cc(C(=S)N3C[C@H]4C[C@@]45C3=CC(=O)c3ccccc35)[nH]c2c(OC)c1OC. The van der Waals surface area contributed by atoms with E-state index in [1.165, 1.54) is 0 Å². The van der Waals surface area contributed by atoms with E-state index in [0.29, 0.717) is 28.2 Å². The third-order valence-electron chi connectivity index (χ3n) is 7.09. The highest BCUT2D eigenvalue weighted by Gasteiger charge is 2.66. The van der Waals surface area contributed by atoms with Crippen LogP contribution in [-0.2, 0) is 5.41 Å². The second kappa shape index (κ2) is 6.59. The van der Waals surface area contributed by atoms with Crippen molar-refractivity contribution in [3.8, 4) is 17.2 Å². The lowest BCUT2D eigenvalue weighted by Crippen LogP contribution is -2.33. The standard InChI is InChI=1S/C25H22N2O4S/c1-29-19-9-13-8-17(26-21(13)23(31-3)22(19)30-2)24(32)27-12-14-11-25(14)16-7-5-4-6-15(16)18(28)10-20(25)27/h4-10,14,26H,11-12H2,1-3H3/t14-,25-/m1/s1. The van der Waals surface area contributed by atoms with Crippen molar-refractivity contribution in [3.63, 3.8) is 0 Å². The Morgan fingerprint density at radius 2 is 1.91 bits per heavy atom. The predicted octanol–water partition coefficient (Wildman–Crippen LogP) is 4.22. The van der Waals surface area contributed by atoms with E-state index in [4.69, 9.17) is 26.4 Å². The zero-order valence-electron chi connectivity index (χ0n) is 18.0. The number of hydrogen-bond acceptors (Lipinski definition) is 5. The molecule has 1 aromatic heterocycles. The van der Waals surface area contributed by atoms with Crippen LogP contribution >= 0.6 is 12.2 Å². The molecule has 162 valence electrons. The van der Waals surface area contributed by atoms with Gasteiger partial charge in [0, 0.05) is 34.7 Å². The molecule has 6 rings (SSSR count). The summed E-state index contributed by atoms with van der Waals surface area (Å²) in [5.41, 5.74) is 4.50. The summed E-state index contributed by atoms with van der Waals surface area (Å²) < 4.78 is 16.6. The predicted molar refractivity (Wildman–Crippen MR) is 125 cm³/mol. The number of hydrogen-bond donors (Lipinski definition) is 1. The summed E-state index contributed by atoms with van der Waals surface area (Å²) in [5.74, 6) is 2.21. The van der Waals surface area contributed by atoms with E-state index in [9.17, 15) is 4.79 Å². The number of nitrogens with one attached hydrogen (secondary N) is 1. The molecule has 2 aromatic carbocycles. The molecule has 6 nitrogen and oxygen atoms in total. The van der Waals surface area contributed by atoms with Gasteiger partial charge in [0.2, 0.25) is 5.75 Å². The number of thiocarbonyl (C=S) groups is 1. The van der Waals surface area contributed by atoms with Crippen molar-refractivity contribution in [2.75, 3.05) is 27.9 Å². The van der Waals surface area contributed by atoms with E-state index in [0.717, 1.165) is 46.4 Å². The Bertz CT molecular complexity index is 1360. The van der Waals surface area contributed by atoms with Gasteiger partial charge in [-0.1, -0.05) is 36.5 Å². The van der Waals surface area contributed by atoms with Gasteiger partial charge in [0.1, 0.15) is 4.99 Å². The molecule has 0 bridgehead atoms. The van der Waals surface area contributed by atoms with E-state index in [1.807, 2.05) is 30.3 Å². The summed E-state index contributed by atoms with van der Waals surface area (Å²) in [5, 5.41) is 0.912. The van der Waals surface area contributed by atoms with Crippen molar-refractivity contribution >= 4 is 33.9 Å². The lowest BCUT2D eigenvalue weighted by molar-refractivity contribution is 0.104. The molecule has 3 aliphatic rings. The maximum Gasteiger partial charge on any atom is 0.205 e. The fourth-order valence-corrected chi connectivity index (χ4v) is 5.87. The van der Waals surface area contributed by atoms with Gasteiger partial charge in [0.25, 0.3) is 0 Å². The summed E-state index contributed by atoms with van der Waals surface area (Å²) in [4.78, 5) is 19.1. The van der Waals surface area contributed by atoms with Crippen molar-refractivity contribution in [2.45, 2.75) is 11.8 Å². The Morgan fingerprint density at radius 3 is 2.66 bits per heavy atom. The van der Waals surface area contributed by atoms with Crippen LogP contribution in [0.25, 0.3) is 10.9 Å². The first kappa shape index (κ1) is 19.4. The molecule has 0 unspecified atom stereocenters. The van der Waals surface area contributed by atoms with Gasteiger partial charge in [-0.25, -0.2) is 0 Å². The zero-order valence-corrected chi connectivity index (χ0v) is 18.8. The lowest BCUT2D eigenvalue weighted by Gasteiger charge is -2.30. The highest BCUT2D eigenvalue weighted by molar-refractivity contribution is 7.80. The largest absolute Gasteiger partial charge is 0.493 e. The van der Waals surface area contributed by atoms with Crippen LogP contribution in [0.1, 0.15) is 28.0 Å².